The zero-order valence-corrected chi connectivity index (χ0v) is 10.5. The number of rotatable bonds is 0. The highest BCUT2D eigenvalue weighted by molar-refractivity contribution is 5.00. The lowest BCUT2D eigenvalue weighted by atomic mass is 9.95. The molecule has 2 atom stereocenters. The molecule has 1 aliphatic rings. The molecule has 82 valence electrons. The van der Waals surface area contributed by atoms with Gasteiger partial charge in [0.2, 0.25) is 0 Å². The minimum absolute atomic E-state index is 0.767. The van der Waals surface area contributed by atoms with Crippen molar-refractivity contribution in [1.29, 1.82) is 0 Å². The molecule has 1 heterocycles. The molecule has 0 spiro atoms. The predicted molar refractivity (Wildman–Crippen MR) is 63.2 cm³/mol. The fraction of sp³-hybridized carbons (Fsp3) is 0.846. The second-order valence-corrected chi connectivity index (χ2v) is 5.92. The van der Waals surface area contributed by atoms with Crippen LogP contribution in [0.25, 0.3) is 0 Å². The van der Waals surface area contributed by atoms with Crippen LogP contribution in [0.1, 0.15) is 33.6 Å². The zero-order chi connectivity index (χ0) is 10.8. The molecule has 0 aromatic rings. The SMILES string of the molecule is CC1=CC(C)CC(C)C[N+](C)(C)CC1. The highest BCUT2D eigenvalue weighted by Gasteiger charge is 2.21. The molecule has 0 bridgehead atoms. The van der Waals surface area contributed by atoms with Crippen molar-refractivity contribution < 1.29 is 4.48 Å². The van der Waals surface area contributed by atoms with Crippen LogP contribution in [0.4, 0.5) is 0 Å². The monoisotopic (exact) mass is 196 g/mol. The fourth-order valence-corrected chi connectivity index (χ4v) is 2.76. The van der Waals surface area contributed by atoms with Crippen molar-refractivity contribution >= 4 is 0 Å². The molecule has 1 rings (SSSR count). The van der Waals surface area contributed by atoms with Crippen LogP contribution < -0.4 is 0 Å². The number of quaternary nitrogens is 1. The largest absolute Gasteiger partial charge is 0.328 e. The van der Waals surface area contributed by atoms with Crippen LogP contribution >= 0.6 is 0 Å². The minimum Gasteiger partial charge on any atom is -0.328 e. The van der Waals surface area contributed by atoms with Crippen molar-refractivity contribution in [1.82, 2.24) is 0 Å². The summed E-state index contributed by atoms with van der Waals surface area (Å²) in [5.74, 6) is 1.62. The van der Waals surface area contributed by atoms with Gasteiger partial charge in [0.1, 0.15) is 0 Å². The van der Waals surface area contributed by atoms with Crippen LogP contribution in [0.15, 0.2) is 11.6 Å². The number of nitrogens with zero attached hydrogens (tertiary/aromatic N) is 1. The topological polar surface area (TPSA) is 0 Å². The van der Waals surface area contributed by atoms with Gasteiger partial charge in [-0.05, 0) is 19.3 Å². The van der Waals surface area contributed by atoms with Gasteiger partial charge in [-0.3, -0.25) is 0 Å². The van der Waals surface area contributed by atoms with Crippen LogP contribution in [0.3, 0.4) is 0 Å². The van der Waals surface area contributed by atoms with Crippen LogP contribution in [-0.2, 0) is 0 Å². The van der Waals surface area contributed by atoms with E-state index in [-0.39, 0.29) is 0 Å². The van der Waals surface area contributed by atoms with Gasteiger partial charge in [-0.25, -0.2) is 0 Å². The third-order valence-electron chi connectivity index (χ3n) is 3.26. The van der Waals surface area contributed by atoms with Crippen molar-refractivity contribution in [2.75, 3.05) is 27.2 Å². The van der Waals surface area contributed by atoms with E-state index in [2.05, 4.69) is 40.9 Å². The van der Waals surface area contributed by atoms with E-state index in [4.69, 9.17) is 0 Å². The first kappa shape index (κ1) is 11.8. The van der Waals surface area contributed by atoms with Gasteiger partial charge in [0, 0.05) is 12.3 Å². The molecule has 0 amide bonds. The number of hydrogen-bond donors (Lipinski definition) is 0. The van der Waals surface area contributed by atoms with Crippen LogP contribution in [-0.4, -0.2) is 31.7 Å². The average molecular weight is 196 g/mol. The van der Waals surface area contributed by atoms with E-state index in [1.165, 1.54) is 30.4 Å². The Balaban J connectivity index is 2.71. The van der Waals surface area contributed by atoms with Crippen molar-refractivity contribution in [3.8, 4) is 0 Å². The molecule has 0 saturated heterocycles. The second-order valence-electron chi connectivity index (χ2n) is 5.92. The van der Waals surface area contributed by atoms with Gasteiger partial charge in [-0.15, -0.1) is 0 Å². The maximum absolute atomic E-state index is 2.47. The quantitative estimate of drug-likeness (QED) is 0.412. The van der Waals surface area contributed by atoms with Crippen LogP contribution in [0.5, 0.6) is 0 Å². The van der Waals surface area contributed by atoms with Gasteiger partial charge < -0.3 is 4.48 Å². The molecule has 0 aromatic carbocycles. The Morgan fingerprint density at radius 2 is 1.93 bits per heavy atom. The highest BCUT2D eigenvalue weighted by atomic mass is 15.3. The lowest BCUT2D eigenvalue weighted by Crippen LogP contribution is -2.43. The summed E-state index contributed by atoms with van der Waals surface area (Å²) >= 11 is 0. The molecule has 0 N–H and O–H groups in total. The lowest BCUT2D eigenvalue weighted by Gasteiger charge is -2.32. The average Bonchev–Trinajstić information content (AvgIpc) is 2.01. The summed E-state index contributed by atoms with van der Waals surface area (Å²) in [7, 11) is 4.72. The van der Waals surface area contributed by atoms with Crippen molar-refractivity contribution in [3.05, 3.63) is 11.6 Å². The summed E-state index contributed by atoms with van der Waals surface area (Å²) in [6, 6.07) is 0. The van der Waals surface area contributed by atoms with Gasteiger partial charge in [0.05, 0.1) is 27.2 Å². The summed E-state index contributed by atoms with van der Waals surface area (Å²) in [5, 5.41) is 0. The van der Waals surface area contributed by atoms with E-state index < -0.39 is 0 Å². The predicted octanol–water partition coefficient (Wildman–Crippen LogP) is 3.08. The Bertz CT molecular complexity index is 215. The van der Waals surface area contributed by atoms with E-state index in [9.17, 15) is 0 Å². The zero-order valence-electron chi connectivity index (χ0n) is 10.5. The summed E-state index contributed by atoms with van der Waals surface area (Å²) in [6.45, 7) is 9.65. The first-order valence-corrected chi connectivity index (χ1v) is 5.88. The number of allylic oxidation sites excluding steroid dienone is 1. The lowest BCUT2D eigenvalue weighted by molar-refractivity contribution is -0.893. The Kier molecular flexibility index (Phi) is 3.77. The van der Waals surface area contributed by atoms with Crippen molar-refractivity contribution in [3.63, 3.8) is 0 Å². The van der Waals surface area contributed by atoms with Crippen molar-refractivity contribution in [2.24, 2.45) is 11.8 Å². The molecule has 1 aliphatic heterocycles. The van der Waals surface area contributed by atoms with Gasteiger partial charge in [0.25, 0.3) is 0 Å². The highest BCUT2D eigenvalue weighted by Crippen LogP contribution is 2.21. The molecular weight excluding hydrogens is 170 g/mol. The summed E-state index contributed by atoms with van der Waals surface area (Å²) in [4.78, 5) is 0. The molecule has 0 saturated carbocycles. The standard InChI is InChI=1S/C13H26N/c1-11-6-7-14(4,5)10-13(3)9-12(2)8-11/h8,12-13H,6-7,9-10H2,1-5H3/q+1. The smallest absolute Gasteiger partial charge is 0.0820 e. The van der Waals surface area contributed by atoms with E-state index >= 15 is 0 Å². The first-order chi connectivity index (χ1) is 6.39. The minimum atomic E-state index is 0.767. The fourth-order valence-electron chi connectivity index (χ4n) is 2.76. The van der Waals surface area contributed by atoms with Crippen LogP contribution in [0.2, 0.25) is 0 Å². The van der Waals surface area contributed by atoms with E-state index in [1.54, 1.807) is 5.57 Å². The Morgan fingerprint density at radius 3 is 2.57 bits per heavy atom. The Labute approximate surface area is 89.4 Å². The normalized spacial score (nSPS) is 33.9. The molecule has 1 nitrogen and oxygen atoms in total. The molecular formula is C13H26N+. The van der Waals surface area contributed by atoms with Gasteiger partial charge in [0.15, 0.2) is 0 Å². The summed E-state index contributed by atoms with van der Waals surface area (Å²) < 4.78 is 1.18. The van der Waals surface area contributed by atoms with E-state index in [1.807, 2.05) is 0 Å². The third kappa shape index (κ3) is 3.83. The third-order valence-corrected chi connectivity index (χ3v) is 3.26. The maximum Gasteiger partial charge on any atom is 0.0820 e. The van der Waals surface area contributed by atoms with E-state index in [0.29, 0.717) is 0 Å². The van der Waals surface area contributed by atoms with Gasteiger partial charge in [-0.1, -0.05) is 25.5 Å². The molecule has 0 fully saturated rings. The summed E-state index contributed by atoms with van der Waals surface area (Å²) in [5.41, 5.74) is 1.58. The molecule has 0 aliphatic carbocycles. The maximum atomic E-state index is 2.47. The second kappa shape index (κ2) is 4.48. The summed E-state index contributed by atoms with van der Waals surface area (Å²) in [6.07, 6.45) is 5.09. The molecule has 2 unspecified atom stereocenters. The van der Waals surface area contributed by atoms with E-state index in [0.717, 1.165) is 11.8 Å². The van der Waals surface area contributed by atoms with Gasteiger partial charge in [-0.2, -0.15) is 0 Å². The number of hydrogen-bond acceptors (Lipinski definition) is 0. The Hall–Kier alpha value is -0.300. The molecule has 1 heteroatoms. The van der Waals surface area contributed by atoms with Crippen molar-refractivity contribution in [2.45, 2.75) is 33.6 Å². The van der Waals surface area contributed by atoms with Gasteiger partial charge >= 0.3 is 0 Å². The molecule has 0 aromatic heterocycles. The Morgan fingerprint density at radius 1 is 1.29 bits per heavy atom. The molecule has 14 heavy (non-hydrogen) atoms. The molecule has 0 radical (unpaired) electrons. The van der Waals surface area contributed by atoms with Crippen LogP contribution in [0, 0.1) is 11.8 Å². The first-order valence-electron chi connectivity index (χ1n) is 5.88.